The van der Waals surface area contributed by atoms with Gasteiger partial charge in [0.2, 0.25) is 0 Å². The van der Waals surface area contributed by atoms with Gasteiger partial charge in [0.1, 0.15) is 0 Å². The Labute approximate surface area is 153 Å². The molecule has 0 bridgehead atoms. The molecule has 0 aromatic heterocycles. The molecular weight excluding hydrogens is 328 g/mol. The fourth-order valence-electron chi connectivity index (χ4n) is 3.94. The van der Waals surface area contributed by atoms with Crippen molar-refractivity contribution in [2.24, 2.45) is 0 Å². The number of hydrogen-bond acceptors (Lipinski definition) is 4. The molecule has 2 aliphatic rings. The molecule has 5 heteroatoms. The van der Waals surface area contributed by atoms with Crippen molar-refractivity contribution >= 4 is 6.09 Å². The zero-order valence-corrected chi connectivity index (χ0v) is 14.7. The van der Waals surface area contributed by atoms with E-state index < -0.39 is 6.10 Å². The molecule has 2 aromatic rings. The quantitative estimate of drug-likeness (QED) is 0.923. The van der Waals surface area contributed by atoms with Crippen LogP contribution >= 0.6 is 0 Å². The first-order valence-electron chi connectivity index (χ1n) is 9.18. The molecule has 1 amide bonds. The van der Waals surface area contributed by atoms with Crippen molar-refractivity contribution in [3.05, 3.63) is 71.8 Å². The largest absolute Gasteiger partial charge is 0.436 e. The highest BCUT2D eigenvalue weighted by molar-refractivity contribution is 5.68. The van der Waals surface area contributed by atoms with Crippen LogP contribution in [0.3, 0.4) is 0 Å². The summed E-state index contributed by atoms with van der Waals surface area (Å²) in [7, 11) is 0. The number of hydrogen-bond donors (Lipinski definition) is 1. The number of benzene rings is 2. The molecule has 5 nitrogen and oxygen atoms in total. The Morgan fingerprint density at radius 1 is 0.962 bits per heavy atom. The van der Waals surface area contributed by atoms with Gasteiger partial charge in [-0.25, -0.2) is 4.79 Å². The van der Waals surface area contributed by atoms with Gasteiger partial charge in [-0.1, -0.05) is 60.7 Å². The van der Waals surface area contributed by atoms with E-state index in [1.54, 1.807) is 4.90 Å². The third-order valence-corrected chi connectivity index (χ3v) is 5.28. The normalized spacial score (nSPS) is 23.1. The van der Waals surface area contributed by atoms with Crippen molar-refractivity contribution < 1.29 is 14.6 Å². The average molecular weight is 352 g/mol. The summed E-state index contributed by atoms with van der Waals surface area (Å²) >= 11 is 0. The Balaban J connectivity index is 1.50. The number of rotatable bonds is 3. The summed E-state index contributed by atoms with van der Waals surface area (Å²) in [6.07, 6.45) is -0.261. The molecule has 2 aliphatic heterocycles. The molecule has 136 valence electrons. The highest BCUT2D eigenvalue weighted by Gasteiger charge is 2.37. The number of piperazine rings is 1. The van der Waals surface area contributed by atoms with E-state index in [1.165, 1.54) is 0 Å². The number of amides is 1. The zero-order chi connectivity index (χ0) is 17.9. The Bertz CT molecular complexity index is 698. The van der Waals surface area contributed by atoms with Crippen LogP contribution in [0.2, 0.25) is 0 Å². The highest BCUT2D eigenvalue weighted by Crippen LogP contribution is 2.28. The minimum absolute atomic E-state index is 0.234. The van der Waals surface area contributed by atoms with E-state index >= 15 is 0 Å². The maximum Gasteiger partial charge on any atom is 0.410 e. The molecule has 0 radical (unpaired) electrons. The minimum Gasteiger partial charge on any atom is -0.436 e. The number of aliphatic hydroxyl groups is 1. The molecule has 2 fully saturated rings. The average Bonchev–Trinajstić information content (AvgIpc) is 3.06. The summed E-state index contributed by atoms with van der Waals surface area (Å²) in [5.41, 5.74) is 1.92. The summed E-state index contributed by atoms with van der Waals surface area (Å²) in [4.78, 5) is 16.9. The lowest BCUT2D eigenvalue weighted by Gasteiger charge is -2.37. The van der Waals surface area contributed by atoms with Crippen molar-refractivity contribution in [1.82, 2.24) is 9.80 Å². The van der Waals surface area contributed by atoms with Crippen molar-refractivity contribution in [3.8, 4) is 0 Å². The summed E-state index contributed by atoms with van der Waals surface area (Å²) in [6.45, 7) is 2.76. The predicted molar refractivity (Wildman–Crippen MR) is 98.8 cm³/mol. The number of ether oxygens (including phenoxy) is 1. The Morgan fingerprint density at radius 2 is 1.58 bits per heavy atom. The minimum atomic E-state index is -0.419. The second-order valence-corrected chi connectivity index (χ2v) is 7.07. The van der Waals surface area contributed by atoms with Gasteiger partial charge < -0.3 is 14.7 Å². The second kappa shape index (κ2) is 7.48. The first-order chi connectivity index (χ1) is 12.7. The maximum atomic E-state index is 12.8. The topological polar surface area (TPSA) is 53.0 Å². The summed E-state index contributed by atoms with van der Waals surface area (Å²) < 4.78 is 5.94. The van der Waals surface area contributed by atoms with E-state index in [2.05, 4.69) is 4.90 Å². The molecule has 4 rings (SSSR count). The van der Waals surface area contributed by atoms with Crippen molar-refractivity contribution in [1.29, 1.82) is 0 Å². The third kappa shape index (κ3) is 3.59. The molecule has 0 spiro atoms. The van der Waals surface area contributed by atoms with Crippen molar-refractivity contribution in [3.63, 3.8) is 0 Å². The van der Waals surface area contributed by atoms with Gasteiger partial charge in [0.05, 0.1) is 6.10 Å². The number of aliphatic hydroxyl groups excluding tert-OH is 1. The zero-order valence-electron chi connectivity index (χ0n) is 14.7. The van der Waals surface area contributed by atoms with Crippen LogP contribution in [0.1, 0.15) is 23.7 Å². The van der Waals surface area contributed by atoms with Crippen LogP contribution in [0.4, 0.5) is 4.79 Å². The third-order valence-electron chi connectivity index (χ3n) is 5.28. The number of nitrogens with zero attached hydrogens (tertiary/aromatic N) is 2. The van der Waals surface area contributed by atoms with Crippen LogP contribution in [0.5, 0.6) is 0 Å². The highest BCUT2D eigenvalue weighted by atomic mass is 16.6. The van der Waals surface area contributed by atoms with E-state index in [0.717, 1.165) is 24.1 Å². The van der Waals surface area contributed by atoms with Crippen LogP contribution in [0, 0.1) is 0 Å². The standard InChI is InChI=1S/C21H24N2O3/c24-19-13-18-14-23(12-11-22(18)15-19)21(25)26-20(16-7-3-1-4-8-16)17-9-5-2-6-10-17/h1-10,18-20,24H,11-15H2. The predicted octanol–water partition coefficient (Wildman–Crippen LogP) is 2.66. The fraction of sp³-hybridized carbons (Fsp3) is 0.381. The number of carbonyl (C=O) groups is 1. The van der Waals surface area contributed by atoms with Crippen molar-refractivity contribution in [2.45, 2.75) is 24.7 Å². The van der Waals surface area contributed by atoms with E-state index in [1.807, 2.05) is 60.7 Å². The molecule has 0 aliphatic carbocycles. The summed E-state index contributed by atoms with van der Waals surface area (Å²) in [5, 5.41) is 9.85. The first kappa shape index (κ1) is 17.1. The van der Waals surface area contributed by atoms with E-state index in [0.29, 0.717) is 19.6 Å². The van der Waals surface area contributed by atoms with Crippen molar-refractivity contribution in [2.75, 3.05) is 26.2 Å². The van der Waals surface area contributed by atoms with E-state index in [9.17, 15) is 9.90 Å². The van der Waals surface area contributed by atoms with Crippen LogP contribution in [-0.2, 0) is 4.74 Å². The van der Waals surface area contributed by atoms with Gasteiger partial charge in [-0.3, -0.25) is 4.90 Å². The summed E-state index contributed by atoms with van der Waals surface area (Å²) in [6, 6.07) is 19.9. The first-order valence-corrected chi connectivity index (χ1v) is 9.18. The van der Waals surface area contributed by atoms with Gasteiger partial charge in [-0.2, -0.15) is 0 Å². The lowest BCUT2D eigenvalue weighted by Crippen LogP contribution is -2.52. The van der Waals surface area contributed by atoms with Gasteiger partial charge in [0, 0.05) is 32.2 Å². The smallest absolute Gasteiger partial charge is 0.410 e. The van der Waals surface area contributed by atoms with Crippen LogP contribution in [-0.4, -0.2) is 59.3 Å². The lowest BCUT2D eigenvalue weighted by atomic mass is 10.0. The molecule has 26 heavy (non-hydrogen) atoms. The molecule has 2 unspecified atom stereocenters. The van der Waals surface area contributed by atoms with Crippen LogP contribution in [0.15, 0.2) is 60.7 Å². The maximum absolute atomic E-state index is 12.8. The molecule has 2 atom stereocenters. The fourth-order valence-corrected chi connectivity index (χ4v) is 3.94. The molecular formula is C21H24N2O3. The molecule has 2 aromatic carbocycles. The monoisotopic (exact) mass is 352 g/mol. The van der Waals surface area contributed by atoms with Gasteiger partial charge >= 0.3 is 6.09 Å². The number of fused-ring (bicyclic) bond motifs is 1. The van der Waals surface area contributed by atoms with Gasteiger partial charge in [-0.05, 0) is 17.5 Å². The lowest BCUT2D eigenvalue weighted by molar-refractivity contribution is 0.0478. The molecule has 0 saturated carbocycles. The van der Waals surface area contributed by atoms with Gasteiger partial charge in [0.15, 0.2) is 6.10 Å². The Hall–Kier alpha value is -2.37. The number of carbonyl (C=O) groups excluding carboxylic acids is 1. The molecule has 2 saturated heterocycles. The van der Waals surface area contributed by atoms with E-state index in [4.69, 9.17) is 4.74 Å². The van der Waals surface area contributed by atoms with Gasteiger partial charge in [-0.15, -0.1) is 0 Å². The second-order valence-electron chi connectivity index (χ2n) is 7.07. The van der Waals surface area contributed by atoms with Crippen LogP contribution < -0.4 is 0 Å². The van der Waals surface area contributed by atoms with Gasteiger partial charge in [0.25, 0.3) is 0 Å². The van der Waals surface area contributed by atoms with E-state index in [-0.39, 0.29) is 18.2 Å². The molecule has 1 N–H and O–H groups in total. The Morgan fingerprint density at radius 3 is 2.19 bits per heavy atom. The SMILES string of the molecule is O=C(OC(c1ccccc1)c1ccccc1)N1CCN2CC(O)CC2C1. The summed E-state index contributed by atoms with van der Waals surface area (Å²) in [5.74, 6) is 0. The van der Waals surface area contributed by atoms with Crippen LogP contribution in [0.25, 0.3) is 0 Å². The Kier molecular flexibility index (Phi) is 4.91. The molecule has 2 heterocycles.